The SMILES string of the molecule is CC/C=C/C=C/C=C/C=C/C=C/CCCC(=O)OCC(COCCC(C(=O)[O-])[N+](C)(C)C)OC(=O)CCCCCCCCCCCCCCC/C=C/C/C=C/C/C=C/CC. The van der Waals surface area contributed by atoms with Crippen LogP contribution in [0.1, 0.15) is 162 Å². The number of carboxylic acid groups (broad SMARTS) is 1. The predicted molar refractivity (Wildman–Crippen MR) is 249 cm³/mol. The molecule has 2 atom stereocenters. The van der Waals surface area contributed by atoms with E-state index in [2.05, 4.69) is 56.4 Å². The number of carbonyl (C=O) groups excluding carboxylic acids is 3. The number of nitrogens with zero attached hydrogens (tertiary/aromatic N) is 1. The minimum atomic E-state index is -1.14. The standard InChI is InChI=1S/C52H85NO7/c1-6-8-10-12-14-16-18-20-21-22-23-24-25-26-27-28-29-31-33-35-37-39-41-43-51(55)60-48(46-58-45-44-49(52(56)57)53(3,4)5)47-59-50(54)42-40-38-36-34-32-30-19-17-15-13-11-9-7-2/h8-11,13-17,19-21,30,32,34,36,48-49H,6-7,12,18,22-29,31,33,35,37-47H2,1-5H3/b10-8+,11-9+,15-13+,16-14+,19-17+,21-20+,32-30+,36-34+. The topological polar surface area (TPSA) is 102 Å². The number of ether oxygens (including phenoxy) is 3. The van der Waals surface area contributed by atoms with Gasteiger partial charge in [0.1, 0.15) is 12.6 Å². The smallest absolute Gasteiger partial charge is 0.306 e. The molecule has 0 radical (unpaired) electrons. The van der Waals surface area contributed by atoms with Crippen LogP contribution in [0, 0.1) is 0 Å². The molecule has 0 aromatic heterocycles. The van der Waals surface area contributed by atoms with E-state index in [0.29, 0.717) is 12.8 Å². The molecule has 60 heavy (non-hydrogen) atoms. The Morgan fingerprint density at radius 2 is 0.983 bits per heavy atom. The molecule has 0 aliphatic heterocycles. The minimum Gasteiger partial charge on any atom is -0.544 e. The first-order valence-electron chi connectivity index (χ1n) is 23.3. The van der Waals surface area contributed by atoms with Gasteiger partial charge in [-0.05, 0) is 57.8 Å². The van der Waals surface area contributed by atoms with Crippen molar-refractivity contribution in [3.8, 4) is 0 Å². The lowest BCUT2D eigenvalue weighted by atomic mass is 10.0. The van der Waals surface area contributed by atoms with E-state index in [9.17, 15) is 19.5 Å². The van der Waals surface area contributed by atoms with Crippen LogP contribution in [0.4, 0.5) is 0 Å². The lowest BCUT2D eigenvalue weighted by Crippen LogP contribution is -2.55. The number of aliphatic carboxylic acids is 1. The van der Waals surface area contributed by atoms with Gasteiger partial charge in [-0.25, -0.2) is 0 Å². The first-order chi connectivity index (χ1) is 29.1. The van der Waals surface area contributed by atoms with Gasteiger partial charge in [-0.3, -0.25) is 9.59 Å². The van der Waals surface area contributed by atoms with Crippen molar-refractivity contribution in [3.63, 3.8) is 0 Å². The molecular formula is C52H85NO7. The highest BCUT2D eigenvalue weighted by Gasteiger charge is 2.25. The molecule has 0 aliphatic rings. The highest BCUT2D eigenvalue weighted by Crippen LogP contribution is 2.15. The molecule has 2 unspecified atom stereocenters. The van der Waals surface area contributed by atoms with E-state index in [0.717, 1.165) is 51.4 Å². The molecule has 0 spiro atoms. The summed E-state index contributed by atoms with van der Waals surface area (Å²) in [4.78, 5) is 36.9. The van der Waals surface area contributed by atoms with Crippen molar-refractivity contribution in [1.29, 1.82) is 0 Å². The molecule has 0 fully saturated rings. The first kappa shape index (κ1) is 56.2. The summed E-state index contributed by atoms with van der Waals surface area (Å²) >= 11 is 0. The van der Waals surface area contributed by atoms with Gasteiger partial charge >= 0.3 is 11.9 Å². The Labute approximate surface area is 366 Å². The largest absolute Gasteiger partial charge is 0.544 e. The van der Waals surface area contributed by atoms with Gasteiger partial charge in [0, 0.05) is 19.3 Å². The number of carboxylic acids is 1. The van der Waals surface area contributed by atoms with Crippen LogP contribution < -0.4 is 5.11 Å². The summed E-state index contributed by atoms with van der Waals surface area (Å²) in [7, 11) is 5.38. The highest BCUT2D eigenvalue weighted by atomic mass is 16.6. The fraction of sp³-hybridized carbons (Fsp3) is 0.635. The number of hydrogen-bond donors (Lipinski definition) is 0. The summed E-state index contributed by atoms with van der Waals surface area (Å²) in [6.07, 6.45) is 56.0. The predicted octanol–water partition coefficient (Wildman–Crippen LogP) is 11.7. The molecule has 0 aliphatic carbocycles. The molecule has 0 rings (SSSR count). The molecule has 0 aromatic rings. The zero-order valence-corrected chi connectivity index (χ0v) is 38.6. The van der Waals surface area contributed by atoms with Gasteiger partial charge in [0.25, 0.3) is 0 Å². The highest BCUT2D eigenvalue weighted by molar-refractivity contribution is 5.70. The second kappa shape index (κ2) is 42.0. The second-order valence-electron chi connectivity index (χ2n) is 16.3. The molecule has 0 aromatic carbocycles. The summed E-state index contributed by atoms with van der Waals surface area (Å²) in [6.45, 7) is 4.32. The van der Waals surface area contributed by atoms with Crippen LogP contribution in [-0.4, -0.2) is 75.5 Å². The molecule has 8 nitrogen and oxygen atoms in total. The Morgan fingerprint density at radius 3 is 1.53 bits per heavy atom. The Bertz CT molecular complexity index is 1300. The molecule has 0 N–H and O–H groups in total. The van der Waals surface area contributed by atoms with Gasteiger partial charge in [0.05, 0.1) is 40.3 Å². The van der Waals surface area contributed by atoms with E-state index >= 15 is 0 Å². The Hall–Kier alpha value is -3.75. The molecule has 340 valence electrons. The van der Waals surface area contributed by atoms with E-state index in [-0.39, 0.29) is 49.1 Å². The van der Waals surface area contributed by atoms with Crippen molar-refractivity contribution in [2.75, 3.05) is 41.0 Å². The van der Waals surface area contributed by atoms with Gasteiger partial charge in [0.15, 0.2) is 6.10 Å². The second-order valence-corrected chi connectivity index (χ2v) is 16.3. The zero-order chi connectivity index (χ0) is 44.2. The number of allylic oxidation sites excluding steroid dienone is 16. The van der Waals surface area contributed by atoms with Crippen molar-refractivity contribution in [1.82, 2.24) is 0 Å². The Balaban J connectivity index is 4.32. The van der Waals surface area contributed by atoms with Crippen LogP contribution in [0.3, 0.4) is 0 Å². The van der Waals surface area contributed by atoms with E-state index in [4.69, 9.17) is 14.2 Å². The van der Waals surface area contributed by atoms with Crippen LogP contribution in [0.25, 0.3) is 0 Å². The van der Waals surface area contributed by atoms with Gasteiger partial charge in [0.2, 0.25) is 0 Å². The molecule has 0 amide bonds. The van der Waals surface area contributed by atoms with Crippen LogP contribution in [0.5, 0.6) is 0 Å². The number of carbonyl (C=O) groups is 3. The number of esters is 2. The third-order valence-corrected chi connectivity index (χ3v) is 9.84. The third kappa shape index (κ3) is 39.7. The van der Waals surface area contributed by atoms with Gasteiger partial charge < -0.3 is 28.6 Å². The normalized spacial score (nSPS) is 13.8. The fourth-order valence-corrected chi connectivity index (χ4v) is 6.29. The van der Waals surface area contributed by atoms with Crippen molar-refractivity contribution in [2.45, 2.75) is 174 Å². The molecular weight excluding hydrogens is 751 g/mol. The summed E-state index contributed by atoms with van der Waals surface area (Å²) < 4.78 is 17.1. The maximum atomic E-state index is 12.7. The van der Waals surface area contributed by atoms with Gasteiger partial charge in [-0.15, -0.1) is 0 Å². The minimum absolute atomic E-state index is 0.0123. The van der Waals surface area contributed by atoms with Gasteiger partial charge in [-0.1, -0.05) is 182 Å². The number of rotatable bonds is 40. The lowest BCUT2D eigenvalue weighted by molar-refractivity contribution is -0.889. The van der Waals surface area contributed by atoms with Crippen molar-refractivity contribution >= 4 is 17.9 Å². The number of hydrogen-bond acceptors (Lipinski definition) is 7. The van der Waals surface area contributed by atoms with Crippen LogP contribution >= 0.6 is 0 Å². The third-order valence-electron chi connectivity index (χ3n) is 9.84. The molecule has 8 heteroatoms. The maximum Gasteiger partial charge on any atom is 0.306 e. The quantitative estimate of drug-likeness (QED) is 0.0199. The van der Waals surface area contributed by atoms with Crippen LogP contribution in [0.15, 0.2) is 97.2 Å². The number of quaternary nitrogens is 1. The molecule has 0 heterocycles. The van der Waals surface area contributed by atoms with Crippen LogP contribution in [-0.2, 0) is 28.6 Å². The van der Waals surface area contributed by atoms with Crippen molar-refractivity contribution in [2.24, 2.45) is 0 Å². The van der Waals surface area contributed by atoms with Crippen molar-refractivity contribution < 1.29 is 38.2 Å². The summed E-state index contributed by atoms with van der Waals surface area (Å²) in [6, 6.07) is -0.741. The van der Waals surface area contributed by atoms with Crippen molar-refractivity contribution in [3.05, 3.63) is 97.2 Å². The molecule has 0 saturated carbocycles. The molecule has 0 saturated heterocycles. The summed E-state index contributed by atoms with van der Waals surface area (Å²) in [5, 5.41) is 11.6. The maximum absolute atomic E-state index is 12.7. The first-order valence-corrected chi connectivity index (χ1v) is 23.3. The fourth-order valence-electron chi connectivity index (χ4n) is 6.29. The van der Waals surface area contributed by atoms with E-state index in [1.165, 1.54) is 70.6 Å². The Kier molecular flexibility index (Phi) is 39.3. The number of likely N-dealkylation sites (N-methyl/N-ethyl adjacent to an activating group) is 1. The monoisotopic (exact) mass is 836 g/mol. The average Bonchev–Trinajstić information content (AvgIpc) is 3.21. The van der Waals surface area contributed by atoms with Crippen LogP contribution in [0.2, 0.25) is 0 Å². The van der Waals surface area contributed by atoms with E-state index in [1.807, 2.05) is 54.7 Å². The van der Waals surface area contributed by atoms with Gasteiger partial charge in [-0.2, -0.15) is 0 Å². The number of unbranched alkanes of at least 4 members (excludes halogenated alkanes) is 14. The Morgan fingerprint density at radius 1 is 0.517 bits per heavy atom. The van der Waals surface area contributed by atoms with E-state index in [1.54, 1.807) is 21.1 Å². The summed E-state index contributed by atoms with van der Waals surface area (Å²) in [5.74, 6) is -1.84. The zero-order valence-electron chi connectivity index (χ0n) is 38.6. The average molecular weight is 836 g/mol. The van der Waals surface area contributed by atoms with E-state index < -0.39 is 18.1 Å². The summed E-state index contributed by atoms with van der Waals surface area (Å²) in [5.41, 5.74) is 0. The molecule has 0 bridgehead atoms. The lowest BCUT2D eigenvalue weighted by Gasteiger charge is -2.34.